The van der Waals surface area contributed by atoms with Crippen molar-refractivity contribution in [3.63, 3.8) is 0 Å². The highest BCUT2D eigenvalue weighted by molar-refractivity contribution is 7.22. The number of anilines is 1. The molecule has 2 saturated heterocycles. The van der Waals surface area contributed by atoms with E-state index < -0.39 is 30.3 Å². The van der Waals surface area contributed by atoms with E-state index in [2.05, 4.69) is 15.0 Å². The van der Waals surface area contributed by atoms with Crippen molar-refractivity contribution in [3.8, 4) is 11.3 Å². The molecule has 1 amide bonds. The predicted octanol–water partition coefficient (Wildman–Crippen LogP) is 5.60. The summed E-state index contributed by atoms with van der Waals surface area (Å²) >= 11 is 14.2. The van der Waals surface area contributed by atoms with Gasteiger partial charge in [0.05, 0.1) is 33.5 Å². The Labute approximate surface area is 299 Å². The number of hydrogen-bond acceptors (Lipinski definition) is 12. The summed E-state index contributed by atoms with van der Waals surface area (Å²) in [7, 11) is 0. The number of aromatic nitrogens is 2. The SMILES string of the molecule is O=C(OCC(=O)N(CCO)CCO)c1cc(F)c2nc(N3[C@@H]4CC[C@H]3C[C@H](OC(=O)c3c(-c5c(Cl)cccc5Cl)noc3C3CC3)C4)sc2c1. The zero-order valence-corrected chi connectivity index (χ0v) is 29.0. The Hall–Kier alpha value is -3.82. The maximum Gasteiger partial charge on any atom is 0.344 e. The first-order valence-electron chi connectivity index (χ1n) is 16.4. The number of fused-ring (bicyclic) bond motifs is 3. The number of carbonyl (C=O) groups is 3. The van der Waals surface area contributed by atoms with Gasteiger partial charge in [0.2, 0.25) is 0 Å². The van der Waals surface area contributed by atoms with Crippen LogP contribution in [0.3, 0.4) is 0 Å². The summed E-state index contributed by atoms with van der Waals surface area (Å²) in [5, 5.41) is 23.8. The number of halogens is 3. The van der Waals surface area contributed by atoms with Crippen LogP contribution in [-0.2, 0) is 14.3 Å². The molecule has 50 heavy (non-hydrogen) atoms. The third kappa shape index (κ3) is 6.79. The normalized spacial score (nSPS) is 19.9. The Kier molecular flexibility index (Phi) is 9.99. The summed E-state index contributed by atoms with van der Waals surface area (Å²) in [6.45, 7) is -1.29. The monoisotopic (exact) mass is 746 g/mol. The van der Waals surface area contributed by atoms with Crippen molar-refractivity contribution >= 4 is 67.7 Å². The van der Waals surface area contributed by atoms with Crippen LogP contribution in [0.15, 0.2) is 34.9 Å². The van der Waals surface area contributed by atoms with E-state index in [0.717, 1.165) is 31.7 Å². The molecule has 2 bridgehead atoms. The maximum atomic E-state index is 15.3. The number of rotatable bonds is 12. The van der Waals surface area contributed by atoms with E-state index in [1.54, 1.807) is 18.2 Å². The summed E-state index contributed by atoms with van der Waals surface area (Å²) in [4.78, 5) is 46.8. The minimum Gasteiger partial charge on any atom is -0.458 e. The molecule has 0 spiro atoms. The number of thiazole rings is 1. The number of aliphatic hydroxyl groups excluding tert-OH is 2. The molecule has 3 atom stereocenters. The minimum absolute atomic E-state index is 0.00531. The van der Waals surface area contributed by atoms with E-state index in [4.69, 9.17) is 47.4 Å². The zero-order chi connectivity index (χ0) is 35.1. The van der Waals surface area contributed by atoms with Crippen molar-refractivity contribution in [2.75, 3.05) is 37.8 Å². The van der Waals surface area contributed by atoms with Crippen molar-refractivity contribution in [3.05, 3.63) is 63.1 Å². The van der Waals surface area contributed by atoms with Crippen LogP contribution in [0, 0.1) is 5.82 Å². The number of ether oxygens (including phenoxy) is 2. The molecule has 0 radical (unpaired) electrons. The van der Waals surface area contributed by atoms with Gasteiger partial charge in [0.25, 0.3) is 5.91 Å². The maximum absolute atomic E-state index is 15.3. The van der Waals surface area contributed by atoms with Crippen LogP contribution in [0.4, 0.5) is 9.52 Å². The second-order valence-electron chi connectivity index (χ2n) is 12.6. The smallest absolute Gasteiger partial charge is 0.344 e. The molecule has 2 N–H and O–H groups in total. The lowest BCUT2D eigenvalue weighted by Crippen LogP contribution is -2.46. The van der Waals surface area contributed by atoms with Crippen molar-refractivity contribution < 1.29 is 43.0 Å². The number of hydrogen-bond donors (Lipinski definition) is 2. The van der Waals surface area contributed by atoms with Crippen molar-refractivity contribution in [1.82, 2.24) is 15.0 Å². The van der Waals surface area contributed by atoms with Crippen molar-refractivity contribution in [2.24, 2.45) is 0 Å². The second-order valence-corrected chi connectivity index (χ2v) is 14.5. The van der Waals surface area contributed by atoms with Crippen LogP contribution >= 0.6 is 34.5 Å². The van der Waals surface area contributed by atoms with Crippen molar-refractivity contribution in [1.29, 1.82) is 0 Å². The third-order valence-electron chi connectivity index (χ3n) is 9.35. The molecule has 1 saturated carbocycles. The summed E-state index contributed by atoms with van der Waals surface area (Å²) in [6.07, 6.45) is 4.15. The van der Waals surface area contributed by atoms with Gasteiger partial charge in [0.1, 0.15) is 22.9 Å². The van der Waals surface area contributed by atoms with Crippen LogP contribution in [0.25, 0.3) is 21.5 Å². The molecule has 4 aromatic rings. The van der Waals surface area contributed by atoms with E-state index in [1.807, 2.05) is 0 Å². The lowest BCUT2D eigenvalue weighted by Gasteiger charge is -2.38. The van der Waals surface area contributed by atoms with Crippen LogP contribution < -0.4 is 4.90 Å². The molecule has 1 aliphatic carbocycles. The van der Waals surface area contributed by atoms with Gasteiger partial charge in [-0.1, -0.05) is 45.8 Å². The standard InChI is InChI=1S/C34H33Cl2FN4O8S/c35-22-2-1-3-23(36)27(22)30-28(31(49-39-30)17-4-5-17)33(46)48-21-14-19-6-7-20(15-21)41(19)34-38-29-24(37)12-18(13-25(29)50-34)32(45)47-16-26(44)40(8-10-42)9-11-43/h1-3,12-13,17,19-21,42-43H,4-11,14-16H2/t19-,20+,21-. The van der Waals surface area contributed by atoms with E-state index >= 15 is 4.39 Å². The molecule has 12 nitrogen and oxygen atoms in total. The van der Waals surface area contributed by atoms with Crippen LogP contribution in [0.1, 0.15) is 70.9 Å². The van der Waals surface area contributed by atoms with Crippen LogP contribution in [0.2, 0.25) is 10.0 Å². The van der Waals surface area contributed by atoms with E-state index in [0.29, 0.717) is 44.0 Å². The summed E-state index contributed by atoms with van der Waals surface area (Å²) in [5.41, 5.74) is 0.992. The van der Waals surface area contributed by atoms with Gasteiger partial charge >= 0.3 is 11.9 Å². The first-order valence-corrected chi connectivity index (χ1v) is 17.9. The van der Waals surface area contributed by atoms with Crippen molar-refractivity contribution in [2.45, 2.75) is 62.6 Å². The number of aliphatic hydroxyl groups is 2. The van der Waals surface area contributed by atoms with Gasteiger partial charge in [0.15, 0.2) is 23.3 Å². The molecule has 3 fully saturated rings. The van der Waals surface area contributed by atoms with Gasteiger partial charge in [-0.3, -0.25) is 4.79 Å². The first kappa shape index (κ1) is 34.6. The van der Waals surface area contributed by atoms with Gasteiger partial charge in [-0.05, 0) is 49.9 Å². The highest BCUT2D eigenvalue weighted by Gasteiger charge is 2.45. The van der Waals surface area contributed by atoms with Crippen LogP contribution in [0.5, 0.6) is 0 Å². The molecule has 16 heteroatoms. The summed E-state index contributed by atoms with van der Waals surface area (Å²) in [6, 6.07) is 7.57. The first-order chi connectivity index (χ1) is 24.2. The molecule has 4 heterocycles. The fourth-order valence-electron chi connectivity index (χ4n) is 6.87. The Morgan fingerprint density at radius 1 is 1.02 bits per heavy atom. The third-order valence-corrected chi connectivity index (χ3v) is 11.0. The number of carbonyl (C=O) groups excluding carboxylic acids is 3. The van der Waals surface area contributed by atoms with Gasteiger partial charge in [0, 0.05) is 49.5 Å². The molecule has 7 rings (SSSR count). The molecule has 0 unspecified atom stereocenters. The topological polar surface area (TPSA) is 156 Å². The Morgan fingerprint density at radius 3 is 2.34 bits per heavy atom. The number of amides is 1. The zero-order valence-electron chi connectivity index (χ0n) is 26.6. The Morgan fingerprint density at radius 2 is 1.70 bits per heavy atom. The highest BCUT2D eigenvalue weighted by atomic mass is 35.5. The van der Waals surface area contributed by atoms with Gasteiger partial charge in [-0.2, -0.15) is 0 Å². The Bertz CT molecular complexity index is 1910. The molecule has 264 valence electrons. The fourth-order valence-corrected chi connectivity index (χ4v) is 8.61. The van der Waals surface area contributed by atoms with E-state index in [1.165, 1.54) is 22.3 Å². The lowest BCUT2D eigenvalue weighted by molar-refractivity contribution is -0.135. The number of esters is 2. The molecule has 3 aliphatic rings. The average Bonchev–Trinajstić information content (AvgIpc) is 3.59. The summed E-state index contributed by atoms with van der Waals surface area (Å²) < 4.78 is 32.6. The molecular weight excluding hydrogens is 714 g/mol. The van der Waals surface area contributed by atoms with Crippen LogP contribution in [-0.4, -0.2) is 94.2 Å². The lowest BCUT2D eigenvalue weighted by atomic mass is 9.99. The van der Waals surface area contributed by atoms with E-state index in [9.17, 15) is 14.4 Å². The number of piperidine rings is 1. The van der Waals surface area contributed by atoms with Gasteiger partial charge in [-0.25, -0.2) is 19.0 Å². The summed E-state index contributed by atoms with van der Waals surface area (Å²) in [5.74, 6) is -2.14. The predicted molar refractivity (Wildman–Crippen MR) is 182 cm³/mol. The fraction of sp³-hybridized carbons (Fsp3) is 0.441. The minimum atomic E-state index is -0.887. The molecule has 2 aromatic carbocycles. The molecular formula is C34H33Cl2FN4O8S. The van der Waals surface area contributed by atoms with Gasteiger partial charge < -0.3 is 34.0 Å². The molecule has 2 aromatic heterocycles. The van der Waals surface area contributed by atoms with E-state index in [-0.39, 0.29) is 72.7 Å². The highest BCUT2D eigenvalue weighted by Crippen LogP contribution is 2.47. The Balaban J connectivity index is 1.05. The quantitative estimate of drug-likeness (QED) is 0.174. The second kappa shape index (κ2) is 14.4. The number of benzene rings is 2. The van der Waals surface area contributed by atoms with Gasteiger partial charge in [-0.15, -0.1) is 0 Å². The largest absolute Gasteiger partial charge is 0.458 e. The average molecular weight is 748 g/mol. The number of nitrogens with zero attached hydrogens (tertiary/aromatic N) is 4. The molecule has 2 aliphatic heterocycles.